The average Bonchev–Trinajstić information content (AvgIpc) is 3.63. The Hall–Kier alpha value is -2.70. The molecule has 0 amide bonds. The van der Waals surface area contributed by atoms with Crippen molar-refractivity contribution in [3.8, 4) is 11.5 Å². The normalized spacial score (nSPS) is 23.4. The van der Waals surface area contributed by atoms with E-state index in [4.69, 9.17) is 9.47 Å². The fraction of sp³-hybridized carbons (Fsp3) is 0.538. The van der Waals surface area contributed by atoms with Crippen molar-refractivity contribution >= 4 is 5.97 Å². The van der Waals surface area contributed by atoms with Crippen molar-refractivity contribution in [2.75, 3.05) is 13.7 Å². The van der Waals surface area contributed by atoms with Crippen LogP contribution in [0.25, 0.3) is 0 Å². The largest absolute Gasteiger partial charge is 0.495 e. The number of ether oxygens (including phenoxy) is 2. The summed E-state index contributed by atoms with van der Waals surface area (Å²) in [5.41, 5.74) is -0.764. The molecule has 0 radical (unpaired) electrons. The Labute approximate surface area is 193 Å². The van der Waals surface area contributed by atoms with Crippen LogP contribution < -0.4 is 9.47 Å². The van der Waals surface area contributed by atoms with Crippen LogP contribution in [0.1, 0.15) is 68.4 Å². The average molecular weight is 460 g/mol. The molecule has 178 valence electrons. The lowest BCUT2D eigenvalue weighted by Gasteiger charge is -2.30. The number of rotatable bonds is 9. The summed E-state index contributed by atoms with van der Waals surface area (Å²) in [6.07, 6.45) is 6.85. The predicted molar refractivity (Wildman–Crippen MR) is 120 cm³/mol. The Morgan fingerprint density at radius 3 is 2.58 bits per heavy atom. The van der Waals surface area contributed by atoms with Gasteiger partial charge in [0.15, 0.2) is 0 Å². The molecule has 2 saturated carbocycles. The van der Waals surface area contributed by atoms with Gasteiger partial charge in [0.2, 0.25) is 11.6 Å². The maximum absolute atomic E-state index is 15.0. The summed E-state index contributed by atoms with van der Waals surface area (Å²) < 4.78 is 40.1. The van der Waals surface area contributed by atoms with Gasteiger partial charge in [-0.1, -0.05) is 12.1 Å². The Bertz CT molecular complexity index is 984. The Kier molecular flexibility index (Phi) is 6.86. The van der Waals surface area contributed by atoms with Crippen molar-refractivity contribution in [3.05, 3.63) is 53.6 Å². The lowest BCUT2D eigenvalue weighted by molar-refractivity contribution is -0.151. The van der Waals surface area contributed by atoms with Gasteiger partial charge in [-0.05, 0) is 80.9 Å². The molecule has 7 heteroatoms. The first-order valence-corrected chi connectivity index (χ1v) is 11.6. The van der Waals surface area contributed by atoms with Gasteiger partial charge in [-0.2, -0.15) is 4.39 Å². The van der Waals surface area contributed by atoms with Crippen LogP contribution >= 0.6 is 0 Å². The second-order valence-corrected chi connectivity index (χ2v) is 9.55. The van der Waals surface area contributed by atoms with Gasteiger partial charge in [0, 0.05) is 17.5 Å². The number of halogens is 2. The van der Waals surface area contributed by atoms with E-state index in [9.17, 15) is 14.3 Å². The second-order valence-electron chi connectivity index (χ2n) is 9.55. The predicted octanol–water partition coefficient (Wildman–Crippen LogP) is 5.89. The molecule has 0 aliphatic heterocycles. The number of hydrogen-bond donors (Lipinski definition) is 1. The van der Waals surface area contributed by atoms with E-state index >= 15 is 4.39 Å². The zero-order valence-electron chi connectivity index (χ0n) is 19.1. The first-order chi connectivity index (χ1) is 15.8. The number of aromatic nitrogens is 1. The molecule has 2 aliphatic carbocycles. The molecule has 2 aliphatic rings. The lowest BCUT2D eigenvalue weighted by atomic mass is 9.79. The van der Waals surface area contributed by atoms with E-state index in [-0.39, 0.29) is 11.8 Å². The third-order valence-corrected chi connectivity index (χ3v) is 7.17. The SMILES string of the molecule is COc1cnc(F)cc1C1CCC(COc2cccc([C@H](C3CC3)[C@](C)(F)C(=O)O)c2)CC1. The summed E-state index contributed by atoms with van der Waals surface area (Å²) >= 11 is 0. The number of carbonyl (C=O) groups is 1. The van der Waals surface area contributed by atoms with Crippen LogP contribution in [0.15, 0.2) is 36.5 Å². The summed E-state index contributed by atoms with van der Waals surface area (Å²) in [6, 6.07) is 8.69. The third kappa shape index (κ3) is 5.28. The first kappa shape index (κ1) is 23.5. The van der Waals surface area contributed by atoms with Crippen LogP contribution in [0, 0.1) is 17.8 Å². The lowest BCUT2D eigenvalue weighted by Crippen LogP contribution is -2.38. The maximum Gasteiger partial charge on any atom is 0.341 e. The standard InChI is InChI=1S/C26H31F2NO4/c1-26(28,25(30)31)24(18-10-11-18)19-4-3-5-20(12-19)33-15-16-6-8-17(9-7-16)21-13-23(27)29-14-22(21)32-2/h3-5,12-14,16-18,24H,6-11,15H2,1-2H3,(H,30,31)/t16?,17?,24-,26-/m0/s1. The van der Waals surface area contributed by atoms with Crippen molar-refractivity contribution < 1.29 is 28.2 Å². The fourth-order valence-electron chi connectivity index (χ4n) is 5.16. The summed E-state index contributed by atoms with van der Waals surface area (Å²) in [4.78, 5) is 15.2. The number of carboxylic acids is 1. The Morgan fingerprint density at radius 2 is 1.94 bits per heavy atom. The van der Waals surface area contributed by atoms with Crippen LogP contribution in [-0.2, 0) is 4.79 Å². The number of carboxylic acid groups (broad SMARTS) is 1. The molecule has 1 heterocycles. The first-order valence-electron chi connectivity index (χ1n) is 11.6. The van der Waals surface area contributed by atoms with Crippen molar-refractivity contribution in [2.24, 2.45) is 11.8 Å². The van der Waals surface area contributed by atoms with Crippen molar-refractivity contribution in [3.63, 3.8) is 0 Å². The molecule has 4 rings (SSSR count). The molecule has 0 saturated heterocycles. The summed E-state index contributed by atoms with van der Waals surface area (Å²) in [5, 5.41) is 9.41. The Balaban J connectivity index is 1.36. The van der Waals surface area contributed by atoms with E-state index in [1.807, 2.05) is 6.07 Å². The molecule has 2 aromatic rings. The van der Waals surface area contributed by atoms with E-state index in [1.165, 1.54) is 12.3 Å². The highest BCUT2D eigenvalue weighted by Crippen LogP contribution is 2.50. The number of aliphatic carboxylic acids is 1. The quantitative estimate of drug-likeness (QED) is 0.474. The molecule has 1 aromatic heterocycles. The highest BCUT2D eigenvalue weighted by Gasteiger charge is 2.50. The van der Waals surface area contributed by atoms with Crippen LogP contribution in [0.4, 0.5) is 8.78 Å². The van der Waals surface area contributed by atoms with Gasteiger partial charge in [-0.25, -0.2) is 14.2 Å². The zero-order valence-corrected chi connectivity index (χ0v) is 19.1. The zero-order chi connectivity index (χ0) is 23.6. The molecular formula is C26H31F2NO4. The van der Waals surface area contributed by atoms with E-state index < -0.39 is 23.5 Å². The molecule has 1 N–H and O–H groups in total. The number of hydrogen-bond acceptors (Lipinski definition) is 4. The van der Waals surface area contributed by atoms with E-state index in [1.54, 1.807) is 25.3 Å². The third-order valence-electron chi connectivity index (χ3n) is 7.17. The number of benzene rings is 1. The van der Waals surface area contributed by atoms with Gasteiger partial charge in [-0.3, -0.25) is 0 Å². The fourth-order valence-corrected chi connectivity index (χ4v) is 5.16. The summed E-state index contributed by atoms with van der Waals surface area (Å²) in [5.74, 6) is -0.678. The summed E-state index contributed by atoms with van der Waals surface area (Å²) in [7, 11) is 1.57. The summed E-state index contributed by atoms with van der Waals surface area (Å²) in [6.45, 7) is 1.70. The molecule has 0 spiro atoms. The topological polar surface area (TPSA) is 68.7 Å². The van der Waals surface area contributed by atoms with Crippen molar-refractivity contribution in [1.82, 2.24) is 4.98 Å². The molecule has 0 bridgehead atoms. The minimum Gasteiger partial charge on any atom is -0.495 e. The Morgan fingerprint density at radius 1 is 1.21 bits per heavy atom. The van der Waals surface area contributed by atoms with Crippen molar-refractivity contribution in [1.29, 1.82) is 0 Å². The van der Waals surface area contributed by atoms with Crippen molar-refractivity contribution in [2.45, 2.75) is 63.0 Å². The highest BCUT2D eigenvalue weighted by atomic mass is 19.1. The molecule has 0 unspecified atom stereocenters. The maximum atomic E-state index is 15.0. The minimum atomic E-state index is -2.31. The minimum absolute atomic E-state index is 0.0524. The van der Waals surface area contributed by atoms with Gasteiger partial charge < -0.3 is 14.6 Å². The molecule has 5 nitrogen and oxygen atoms in total. The van der Waals surface area contributed by atoms with Gasteiger partial charge in [0.05, 0.1) is 19.9 Å². The smallest absolute Gasteiger partial charge is 0.341 e. The molecule has 2 atom stereocenters. The van der Waals surface area contributed by atoms with Gasteiger partial charge in [-0.15, -0.1) is 0 Å². The second kappa shape index (κ2) is 9.65. The molecule has 33 heavy (non-hydrogen) atoms. The number of methoxy groups -OCH3 is 1. The molecule has 1 aromatic carbocycles. The van der Waals surface area contributed by atoms with Crippen LogP contribution in [0.3, 0.4) is 0 Å². The molecular weight excluding hydrogens is 428 g/mol. The molecule has 2 fully saturated rings. The van der Waals surface area contributed by atoms with Crippen LogP contribution in [0.2, 0.25) is 0 Å². The van der Waals surface area contributed by atoms with Gasteiger partial charge in [0.25, 0.3) is 0 Å². The van der Waals surface area contributed by atoms with Gasteiger partial charge in [0.1, 0.15) is 11.5 Å². The van der Waals surface area contributed by atoms with E-state index in [0.717, 1.165) is 51.0 Å². The number of nitrogens with zero attached hydrogens (tertiary/aromatic N) is 1. The monoisotopic (exact) mass is 459 g/mol. The van der Waals surface area contributed by atoms with Crippen LogP contribution in [0.5, 0.6) is 11.5 Å². The van der Waals surface area contributed by atoms with Gasteiger partial charge >= 0.3 is 5.97 Å². The van der Waals surface area contributed by atoms with E-state index in [0.29, 0.717) is 29.6 Å². The number of pyridine rings is 1. The van der Waals surface area contributed by atoms with E-state index in [2.05, 4.69) is 4.98 Å². The highest BCUT2D eigenvalue weighted by molar-refractivity contribution is 5.78. The number of alkyl halides is 1. The van der Waals surface area contributed by atoms with Crippen LogP contribution in [-0.4, -0.2) is 35.4 Å².